The quantitative estimate of drug-likeness (QED) is 0.0526. The lowest BCUT2D eigenvalue weighted by Crippen LogP contribution is -2.58. The van der Waals surface area contributed by atoms with Crippen molar-refractivity contribution >= 4 is 84.6 Å². The second kappa shape index (κ2) is 21.7. The molecule has 0 aromatic rings. The van der Waals surface area contributed by atoms with Crippen molar-refractivity contribution in [2.45, 2.75) is 169 Å². The molecule has 0 aromatic carbocycles. The van der Waals surface area contributed by atoms with Crippen LogP contribution in [0.4, 0.5) is 0 Å². The third-order valence-electron chi connectivity index (χ3n) is 7.74. The molecule has 0 saturated carbocycles. The molecule has 0 aliphatic carbocycles. The van der Waals surface area contributed by atoms with Crippen LogP contribution in [0.1, 0.15) is 12.8 Å². The average Bonchev–Trinajstić information content (AvgIpc) is 2.84. The first-order valence-corrected chi connectivity index (χ1v) is 50.1. The van der Waals surface area contributed by atoms with Crippen molar-refractivity contribution in [3.05, 3.63) is 0 Å². The second-order valence-corrected chi connectivity index (χ2v) is 60.9. The Morgan fingerprint density at radius 2 is 0.582 bits per heavy atom. The Labute approximate surface area is 349 Å². The van der Waals surface area contributed by atoms with Crippen LogP contribution in [0.25, 0.3) is 0 Å². The van der Waals surface area contributed by atoms with Crippen LogP contribution in [0.2, 0.25) is 156 Å². The summed E-state index contributed by atoms with van der Waals surface area (Å²) in [4.78, 5) is 0. The number of hydrogen-bond donors (Lipinski definition) is 2. The fourth-order valence-corrected chi connectivity index (χ4v) is 54.9. The van der Waals surface area contributed by atoms with Gasteiger partial charge >= 0.3 is 51.4 Å². The molecule has 0 aromatic heterocycles. The van der Waals surface area contributed by atoms with Gasteiger partial charge in [0.1, 0.15) is 0 Å². The molecule has 0 aliphatic rings. The van der Waals surface area contributed by atoms with Crippen LogP contribution in [-0.4, -0.2) is 134 Å². The van der Waals surface area contributed by atoms with Crippen LogP contribution in [-0.2, 0) is 42.4 Å². The highest BCUT2D eigenvalue weighted by atomic mass is 28.5. The summed E-state index contributed by atoms with van der Waals surface area (Å²) >= 11 is 0. The standard InChI is InChI=1S/C33H88O12Si10/c1-46(2,3)38-50(11,12)42-54(19,20)44-52(15,16)40-48(7,8)27-23-25-36-31-33(29-34,30-35)32-37-26-24-28-49(9,10)41-53(17,18)45-55(21,22)43-51(13,14)39-47(4,5)6/h34-35H,23-32H2,1-22H3. The van der Waals surface area contributed by atoms with Gasteiger partial charge in [-0.25, -0.2) is 0 Å². The molecular formula is C33H88O12Si10. The summed E-state index contributed by atoms with van der Waals surface area (Å²) in [5.74, 6) is 0. The fourth-order valence-electron chi connectivity index (χ4n) is 7.45. The van der Waals surface area contributed by atoms with E-state index >= 15 is 0 Å². The number of aliphatic hydroxyl groups excluding tert-OH is 2. The molecule has 0 fully saturated rings. The SMILES string of the molecule is C[Si](C)(C)O[Si](C)(C)O[Si](C)(C)O[Si](C)(C)O[Si](C)(C)CCCOCC(CO)(CO)COCCC[Si](C)(C)O[Si](C)(C)O[Si](C)(C)O[Si](C)(C)O[Si](C)(C)C. The maximum Gasteiger partial charge on any atom is 0.314 e. The topological polar surface area (TPSA) is 133 Å². The van der Waals surface area contributed by atoms with Crippen molar-refractivity contribution in [3.63, 3.8) is 0 Å². The Morgan fingerprint density at radius 1 is 0.345 bits per heavy atom. The van der Waals surface area contributed by atoms with E-state index in [4.69, 9.17) is 42.4 Å². The van der Waals surface area contributed by atoms with Gasteiger partial charge in [-0.05, 0) is 169 Å². The van der Waals surface area contributed by atoms with Gasteiger partial charge in [0.25, 0.3) is 0 Å². The molecule has 0 atom stereocenters. The highest BCUT2D eigenvalue weighted by Crippen LogP contribution is 2.29. The van der Waals surface area contributed by atoms with Gasteiger partial charge in [0.05, 0.1) is 31.8 Å². The van der Waals surface area contributed by atoms with Gasteiger partial charge in [0.15, 0.2) is 33.3 Å². The lowest BCUT2D eigenvalue weighted by Gasteiger charge is -2.42. The molecule has 12 nitrogen and oxygen atoms in total. The summed E-state index contributed by atoms with van der Waals surface area (Å²) in [6.07, 6.45) is 1.64. The van der Waals surface area contributed by atoms with Crippen molar-refractivity contribution in [3.8, 4) is 0 Å². The summed E-state index contributed by atoms with van der Waals surface area (Å²) in [6.45, 7) is 48.3. The maximum atomic E-state index is 10.3. The van der Waals surface area contributed by atoms with Crippen molar-refractivity contribution in [1.29, 1.82) is 0 Å². The minimum Gasteiger partial charge on any atom is -0.437 e. The van der Waals surface area contributed by atoms with Crippen molar-refractivity contribution in [2.24, 2.45) is 5.41 Å². The molecule has 0 rings (SSSR count). The van der Waals surface area contributed by atoms with Gasteiger partial charge in [-0.3, -0.25) is 0 Å². The predicted molar refractivity (Wildman–Crippen MR) is 252 cm³/mol. The highest BCUT2D eigenvalue weighted by Gasteiger charge is 2.47. The summed E-state index contributed by atoms with van der Waals surface area (Å²) in [5, 5.41) is 20.5. The Hall–Kier alpha value is 1.69. The predicted octanol–water partition coefficient (Wildman–Crippen LogP) is 9.19. The summed E-state index contributed by atoms with van der Waals surface area (Å²) < 4.78 is 65.0. The summed E-state index contributed by atoms with van der Waals surface area (Å²) in [6, 6.07) is 1.81. The molecule has 2 N–H and O–H groups in total. The molecule has 332 valence electrons. The lowest BCUT2D eigenvalue weighted by atomic mass is 9.92. The van der Waals surface area contributed by atoms with E-state index in [1.165, 1.54) is 0 Å². The van der Waals surface area contributed by atoms with Gasteiger partial charge in [0.2, 0.25) is 0 Å². The third-order valence-corrected chi connectivity index (χ3v) is 43.8. The molecule has 0 aliphatic heterocycles. The van der Waals surface area contributed by atoms with E-state index in [1.54, 1.807) is 0 Å². The molecule has 0 heterocycles. The van der Waals surface area contributed by atoms with Gasteiger partial charge in [-0.15, -0.1) is 0 Å². The van der Waals surface area contributed by atoms with E-state index in [9.17, 15) is 10.2 Å². The maximum absolute atomic E-state index is 10.3. The summed E-state index contributed by atoms with van der Waals surface area (Å²) in [5.41, 5.74) is -0.864. The van der Waals surface area contributed by atoms with E-state index in [2.05, 4.69) is 144 Å². The fraction of sp³-hybridized carbons (Fsp3) is 1.00. The Balaban J connectivity index is 4.88. The van der Waals surface area contributed by atoms with Crippen LogP contribution in [0.3, 0.4) is 0 Å². The number of rotatable bonds is 30. The van der Waals surface area contributed by atoms with Gasteiger partial charge in [-0.2, -0.15) is 0 Å². The Bertz CT molecular complexity index is 1040. The number of ether oxygens (including phenoxy) is 2. The molecule has 0 bridgehead atoms. The van der Waals surface area contributed by atoms with Gasteiger partial charge < -0.3 is 52.6 Å². The summed E-state index contributed by atoms with van der Waals surface area (Å²) in [7, 11) is -22.2. The van der Waals surface area contributed by atoms with E-state index in [1.807, 2.05) is 0 Å². The zero-order valence-corrected chi connectivity index (χ0v) is 49.5. The highest BCUT2D eigenvalue weighted by molar-refractivity contribution is 6.91. The van der Waals surface area contributed by atoms with Crippen LogP contribution < -0.4 is 0 Å². The molecule has 0 saturated heterocycles. The zero-order chi connectivity index (χ0) is 43.6. The van der Waals surface area contributed by atoms with E-state index in [0.717, 1.165) is 24.9 Å². The molecule has 22 heteroatoms. The largest absolute Gasteiger partial charge is 0.437 e. The number of aliphatic hydroxyl groups is 2. The van der Waals surface area contributed by atoms with Crippen LogP contribution >= 0.6 is 0 Å². The molecule has 55 heavy (non-hydrogen) atoms. The van der Waals surface area contributed by atoms with Crippen molar-refractivity contribution in [2.75, 3.05) is 39.6 Å². The normalized spacial score (nSPS) is 15.3. The Morgan fingerprint density at radius 3 is 0.818 bits per heavy atom. The molecule has 0 radical (unpaired) electrons. The van der Waals surface area contributed by atoms with Crippen LogP contribution in [0.15, 0.2) is 0 Å². The first kappa shape index (κ1) is 56.7. The third kappa shape index (κ3) is 28.0. The van der Waals surface area contributed by atoms with E-state index in [0.29, 0.717) is 13.2 Å². The van der Waals surface area contributed by atoms with Crippen molar-refractivity contribution in [1.82, 2.24) is 0 Å². The smallest absolute Gasteiger partial charge is 0.314 e. The van der Waals surface area contributed by atoms with Gasteiger partial charge in [-0.1, -0.05) is 0 Å². The first-order chi connectivity index (χ1) is 24.2. The zero-order valence-electron chi connectivity index (χ0n) is 39.5. The second-order valence-electron chi connectivity index (χ2n) is 21.1. The van der Waals surface area contributed by atoms with Gasteiger partial charge in [0, 0.05) is 13.2 Å². The minimum absolute atomic E-state index is 0.216. The molecule has 0 spiro atoms. The average molecular weight is 958 g/mol. The molecular weight excluding hydrogens is 869 g/mol. The molecule has 0 amide bonds. The minimum atomic E-state index is -2.48. The Kier molecular flexibility index (Phi) is 22.3. The monoisotopic (exact) mass is 956 g/mol. The van der Waals surface area contributed by atoms with E-state index in [-0.39, 0.29) is 26.4 Å². The van der Waals surface area contributed by atoms with Crippen LogP contribution in [0.5, 0.6) is 0 Å². The van der Waals surface area contributed by atoms with Crippen molar-refractivity contribution < 1.29 is 52.6 Å². The van der Waals surface area contributed by atoms with E-state index < -0.39 is 90.1 Å². The lowest BCUT2D eigenvalue weighted by molar-refractivity contribution is -0.0767. The van der Waals surface area contributed by atoms with Crippen LogP contribution in [0, 0.1) is 5.41 Å². The molecule has 0 unspecified atom stereocenters. The first-order valence-electron chi connectivity index (χ1n) is 20.2. The number of hydrogen-bond acceptors (Lipinski definition) is 12.